The van der Waals surface area contributed by atoms with Gasteiger partial charge in [-0.05, 0) is 31.2 Å². The molecule has 0 unspecified atom stereocenters. The number of amidine groups is 1. The predicted octanol–water partition coefficient (Wildman–Crippen LogP) is 1.45. The molecule has 2 aromatic rings. The molecule has 0 aliphatic rings. The Balaban J connectivity index is 2.38. The van der Waals surface area contributed by atoms with Crippen LogP contribution < -0.4 is 10.6 Å². The van der Waals surface area contributed by atoms with Crippen LogP contribution in [0.5, 0.6) is 0 Å². The van der Waals surface area contributed by atoms with Crippen molar-refractivity contribution in [3.05, 3.63) is 16.8 Å². The van der Waals surface area contributed by atoms with Crippen LogP contribution in [0.25, 0.3) is 0 Å². The molecule has 0 fully saturated rings. The van der Waals surface area contributed by atoms with Gasteiger partial charge in [-0.25, -0.2) is 0 Å². The minimum atomic E-state index is -0.0136. The van der Waals surface area contributed by atoms with Gasteiger partial charge in [0, 0.05) is 14.1 Å². The van der Waals surface area contributed by atoms with Gasteiger partial charge in [0.2, 0.25) is 5.13 Å². The van der Waals surface area contributed by atoms with Gasteiger partial charge in [-0.1, -0.05) is 11.3 Å². The van der Waals surface area contributed by atoms with E-state index < -0.39 is 0 Å². The van der Waals surface area contributed by atoms with Gasteiger partial charge in [0.15, 0.2) is 4.34 Å². The molecule has 106 valence electrons. The fourth-order valence-electron chi connectivity index (χ4n) is 1.48. The van der Waals surface area contributed by atoms with E-state index in [2.05, 4.69) is 20.4 Å². The molecule has 0 saturated carbocycles. The minimum absolute atomic E-state index is 0.0136. The maximum Gasteiger partial charge on any atom is 0.208 e. The van der Waals surface area contributed by atoms with Crippen LogP contribution in [0.2, 0.25) is 0 Å². The molecule has 0 bridgehead atoms. The number of hydrogen-bond acceptors (Lipinski definition) is 8. The normalized spacial score (nSPS) is 10.6. The van der Waals surface area contributed by atoms with E-state index in [1.807, 2.05) is 32.8 Å². The summed E-state index contributed by atoms with van der Waals surface area (Å²) in [6.07, 6.45) is 0. The average molecular weight is 309 g/mol. The van der Waals surface area contributed by atoms with Crippen molar-refractivity contribution in [2.45, 2.75) is 23.2 Å². The zero-order valence-corrected chi connectivity index (χ0v) is 13.3. The summed E-state index contributed by atoms with van der Waals surface area (Å²) in [6.45, 7) is 3.73. The third kappa shape index (κ3) is 2.88. The van der Waals surface area contributed by atoms with E-state index in [0.717, 1.165) is 20.7 Å². The number of hydrogen-bond donors (Lipinski definition) is 2. The van der Waals surface area contributed by atoms with Crippen molar-refractivity contribution in [1.82, 2.24) is 20.4 Å². The highest BCUT2D eigenvalue weighted by molar-refractivity contribution is 8.01. The molecule has 0 amide bonds. The highest BCUT2D eigenvalue weighted by Gasteiger charge is 2.17. The van der Waals surface area contributed by atoms with E-state index in [-0.39, 0.29) is 5.84 Å². The van der Waals surface area contributed by atoms with Crippen LogP contribution in [0.4, 0.5) is 5.13 Å². The van der Waals surface area contributed by atoms with Crippen molar-refractivity contribution < 1.29 is 0 Å². The average Bonchev–Trinajstić information content (AvgIpc) is 2.82. The zero-order chi connectivity index (χ0) is 14.9. The lowest BCUT2D eigenvalue weighted by molar-refractivity contribution is 0.870. The van der Waals surface area contributed by atoms with Crippen LogP contribution >= 0.6 is 23.1 Å². The lowest BCUT2D eigenvalue weighted by Crippen LogP contribution is -2.16. The molecule has 0 aliphatic carbocycles. The van der Waals surface area contributed by atoms with Gasteiger partial charge in [0.25, 0.3) is 0 Å². The highest BCUT2D eigenvalue weighted by atomic mass is 32.2. The smallest absolute Gasteiger partial charge is 0.208 e. The largest absolute Gasteiger partial charge is 0.384 e. The fraction of sp³-hybridized carbons (Fsp3) is 0.364. The Labute approximate surface area is 125 Å². The molecule has 2 heterocycles. The second-order valence-electron chi connectivity index (χ2n) is 4.35. The molecule has 2 rings (SSSR count). The Bertz CT molecular complexity index is 650. The summed E-state index contributed by atoms with van der Waals surface area (Å²) in [5.41, 5.74) is 7.90. The van der Waals surface area contributed by atoms with Crippen LogP contribution in [0, 0.1) is 19.3 Å². The third-order valence-electron chi connectivity index (χ3n) is 2.65. The number of nitrogens with two attached hydrogens (primary N) is 1. The quantitative estimate of drug-likeness (QED) is 0.650. The molecule has 2 aromatic heterocycles. The Hall–Kier alpha value is -1.74. The van der Waals surface area contributed by atoms with Gasteiger partial charge >= 0.3 is 0 Å². The molecule has 0 saturated heterocycles. The summed E-state index contributed by atoms with van der Waals surface area (Å²) in [4.78, 5) is 1.89. The lowest BCUT2D eigenvalue weighted by atomic mass is 10.1. The molecule has 7 nitrogen and oxygen atoms in total. The van der Waals surface area contributed by atoms with Crippen molar-refractivity contribution >= 4 is 34.1 Å². The highest BCUT2D eigenvalue weighted by Crippen LogP contribution is 2.34. The van der Waals surface area contributed by atoms with E-state index in [9.17, 15) is 0 Å². The molecular weight excluding hydrogens is 294 g/mol. The monoisotopic (exact) mass is 309 g/mol. The first-order valence-corrected chi connectivity index (χ1v) is 7.40. The summed E-state index contributed by atoms with van der Waals surface area (Å²) in [5.74, 6) is -0.0136. The molecular formula is C11H15N7S2. The number of aryl methyl sites for hydroxylation is 1. The van der Waals surface area contributed by atoms with Crippen LogP contribution in [0.15, 0.2) is 9.37 Å². The van der Waals surface area contributed by atoms with Crippen molar-refractivity contribution in [2.24, 2.45) is 5.73 Å². The molecule has 9 heteroatoms. The summed E-state index contributed by atoms with van der Waals surface area (Å²) in [7, 11) is 3.82. The number of rotatable bonds is 4. The number of nitrogen functional groups attached to an aromatic ring is 1. The van der Waals surface area contributed by atoms with Crippen LogP contribution in [0.1, 0.15) is 16.8 Å². The van der Waals surface area contributed by atoms with Crippen molar-refractivity contribution in [1.29, 1.82) is 5.41 Å². The predicted molar refractivity (Wildman–Crippen MR) is 80.9 cm³/mol. The summed E-state index contributed by atoms with van der Waals surface area (Å²) >= 11 is 2.78. The van der Waals surface area contributed by atoms with Crippen molar-refractivity contribution in [2.75, 3.05) is 19.0 Å². The van der Waals surface area contributed by atoms with Gasteiger partial charge in [0.05, 0.1) is 11.3 Å². The van der Waals surface area contributed by atoms with Crippen LogP contribution in [-0.2, 0) is 0 Å². The van der Waals surface area contributed by atoms with Gasteiger partial charge in [0.1, 0.15) is 10.9 Å². The Morgan fingerprint density at radius 1 is 1.20 bits per heavy atom. The topological polar surface area (TPSA) is 105 Å². The van der Waals surface area contributed by atoms with Crippen molar-refractivity contribution in [3.63, 3.8) is 0 Å². The Morgan fingerprint density at radius 2 is 1.90 bits per heavy atom. The number of aromatic nitrogens is 4. The molecule has 20 heavy (non-hydrogen) atoms. The van der Waals surface area contributed by atoms with Gasteiger partial charge in [-0.3, -0.25) is 5.41 Å². The summed E-state index contributed by atoms with van der Waals surface area (Å²) < 4.78 is 0.744. The first-order chi connectivity index (χ1) is 9.40. The first kappa shape index (κ1) is 14.7. The molecule has 0 atom stereocenters. The maximum atomic E-state index is 7.71. The van der Waals surface area contributed by atoms with Crippen LogP contribution in [-0.4, -0.2) is 40.3 Å². The second kappa shape index (κ2) is 5.71. The van der Waals surface area contributed by atoms with E-state index in [0.29, 0.717) is 10.6 Å². The standard InChI is InChI=1S/C11H15N7S2/c1-5-6(2)14-15-9(7(5)8(12)13)19-11-17-16-10(20-11)18(3)4/h1-4H3,(H3,12,13). The van der Waals surface area contributed by atoms with E-state index >= 15 is 0 Å². The molecule has 0 radical (unpaired) electrons. The fourth-order valence-corrected chi connectivity index (χ4v) is 3.31. The second-order valence-corrected chi connectivity index (χ2v) is 6.54. The van der Waals surface area contributed by atoms with Gasteiger partial charge in [-0.15, -0.1) is 15.3 Å². The number of nitrogens with one attached hydrogen (secondary N) is 1. The van der Waals surface area contributed by atoms with Gasteiger partial charge < -0.3 is 10.6 Å². The zero-order valence-electron chi connectivity index (χ0n) is 11.6. The molecule has 0 spiro atoms. The molecule has 3 N–H and O–H groups in total. The summed E-state index contributed by atoms with van der Waals surface area (Å²) in [5, 5.41) is 25.5. The van der Waals surface area contributed by atoms with E-state index in [1.165, 1.54) is 23.1 Å². The number of anilines is 1. The third-order valence-corrected chi connectivity index (χ3v) is 4.78. The Kier molecular flexibility index (Phi) is 4.19. The van der Waals surface area contributed by atoms with Crippen LogP contribution in [0.3, 0.4) is 0 Å². The summed E-state index contributed by atoms with van der Waals surface area (Å²) in [6, 6.07) is 0. The van der Waals surface area contributed by atoms with E-state index in [1.54, 1.807) is 0 Å². The minimum Gasteiger partial charge on any atom is -0.384 e. The molecule has 0 aliphatic heterocycles. The first-order valence-electron chi connectivity index (χ1n) is 5.77. The lowest BCUT2D eigenvalue weighted by Gasteiger charge is -2.09. The van der Waals surface area contributed by atoms with E-state index in [4.69, 9.17) is 11.1 Å². The van der Waals surface area contributed by atoms with Gasteiger partial charge in [-0.2, -0.15) is 5.10 Å². The maximum absolute atomic E-state index is 7.71. The number of nitrogens with zero attached hydrogens (tertiary/aromatic N) is 5. The van der Waals surface area contributed by atoms with Crippen molar-refractivity contribution in [3.8, 4) is 0 Å². The molecule has 0 aromatic carbocycles. The Morgan fingerprint density at radius 3 is 2.45 bits per heavy atom. The SMILES string of the molecule is Cc1nnc(Sc2nnc(N(C)C)s2)c(C(=N)N)c1C.